The molecule has 4 heterocycles. The van der Waals surface area contributed by atoms with Crippen LogP contribution in [0.3, 0.4) is 0 Å². The smallest absolute Gasteiger partial charge is 0.310 e. The lowest BCUT2D eigenvalue weighted by Crippen LogP contribution is -2.23. The fraction of sp³-hybridized carbons (Fsp3) is 0.222. The van der Waals surface area contributed by atoms with Crippen LogP contribution in [0.25, 0.3) is 31.7 Å². The molecule has 0 bridgehead atoms. The third kappa shape index (κ3) is 4.49. The number of ether oxygens (including phenoxy) is 3. The molecule has 0 spiro atoms. The highest BCUT2D eigenvalue weighted by Gasteiger charge is 2.31. The molecule has 1 aliphatic rings. The largest absolute Gasteiger partial charge is 0.495 e. The van der Waals surface area contributed by atoms with Gasteiger partial charge in [-0.1, -0.05) is 0 Å². The monoisotopic (exact) mass is 534 g/mol. The van der Waals surface area contributed by atoms with Crippen molar-refractivity contribution in [3.63, 3.8) is 0 Å². The predicted molar refractivity (Wildman–Crippen MR) is 136 cm³/mol. The maximum atomic E-state index is 15.0. The molecule has 0 radical (unpaired) electrons. The first kappa shape index (κ1) is 24.1. The Hall–Kier alpha value is -4.25. The van der Waals surface area contributed by atoms with Crippen molar-refractivity contribution in [3.8, 4) is 22.1 Å². The number of nitrogens with zero attached hydrogens (tertiary/aromatic N) is 4. The lowest BCUT2D eigenvalue weighted by Gasteiger charge is -2.11. The van der Waals surface area contributed by atoms with Crippen molar-refractivity contribution in [2.45, 2.75) is 25.9 Å². The molecule has 38 heavy (non-hydrogen) atoms. The van der Waals surface area contributed by atoms with Crippen LogP contribution >= 0.6 is 11.3 Å². The summed E-state index contributed by atoms with van der Waals surface area (Å²) in [6, 6.07) is 5.75. The summed E-state index contributed by atoms with van der Waals surface area (Å²) in [6.45, 7) is 1.72. The topological polar surface area (TPSA) is 96.3 Å². The van der Waals surface area contributed by atoms with Crippen LogP contribution in [0.4, 0.5) is 8.78 Å². The number of carbonyl (C=O) groups is 1. The third-order valence-corrected chi connectivity index (χ3v) is 7.36. The molecular formula is C27H20F2N4O4S. The molecule has 6 rings (SSSR count). The van der Waals surface area contributed by atoms with Crippen molar-refractivity contribution >= 4 is 38.4 Å². The van der Waals surface area contributed by atoms with Crippen LogP contribution in [0.1, 0.15) is 17.0 Å². The Morgan fingerprint density at radius 3 is 2.74 bits per heavy atom. The van der Waals surface area contributed by atoms with E-state index in [2.05, 4.69) is 19.9 Å². The van der Waals surface area contributed by atoms with E-state index >= 15 is 0 Å². The van der Waals surface area contributed by atoms with Crippen molar-refractivity contribution in [1.82, 2.24) is 19.9 Å². The van der Waals surface area contributed by atoms with Crippen LogP contribution in [-0.2, 0) is 22.4 Å². The van der Waals surface area contributed by atoms with Crippen molar-refractivity contribution in [1.29, 1.82) is 0 Å². The van der Waals surface area contributed by atoms with E-state index < -0.39 is 23.7 Å². The van der Waals surface area contributed by atoms with Crippen molar-refractivity contribution in [3.05, 3.63) is 71.4 Å². The molecular weight excluding hydrogens is 514 g/mol. The molecule has 11 heteroatoms. The molecule has 8 nitrogen and oxygen atoms in total. The molecule has 5 aromatic rings. The predicted octanol–water partition coefficient (Wildman–Crippen LogP) is 4.99. The maximum absolute atomic E-state index is 15.0. The van der Waals surface area contributed by atoms with E-state index in [1.807, 2.05) is 0 Å². The second-order valence-corrected chi connectivity index (χ2v) is 9.87. The molecule has 0 saturated heterocycles. The Balaban J connectivity index is 1.25. The summed E-state index contributed by atoms with van der Waals surface area (Å²) in [5.74, 6) is -0.213. The number of methoxy groups -OCH3 is 1. The van der Waals surface area contributed by atoms with Crippen LogP contribution in [0.2, 0.25) is 0 Å². The van der Waals surface area contributed by atoms with Gasteiger partial charge in [-0.25, -0.2) is 23.7 Å². The Morgan fingerprint density at radius 2 is 1.95 bits per heavy atom. The first-order valence-corrected chi connectivity index (χ1v) is 12.5. The van der Waals surface area contributed by atoms with Gasteiger partial charge in [-0.2, -0.15) is 0 Å². The standard InChI is InChI=1S/C27H20F2N4O4S/c1-13-30-9-14(10-31-13)3-23(34)36-12-18-7-20-25(37-18)21(29)8-22-26(20)38-27(33-22)19-6-16(28)4-15-5-17(35-2)11-32-24(15)19/h4-6,8-11,18H,3,7,12H2,1-2H3/t18-/m1/s1. The maximum Gasteiger partial charge on any atom is 0.310 e. The van der Waals surface area contributed by atoms with E-state index in [-0.39, 0.29) is 18.8 Å². The number of carbonyl (C=O) groups excluding carboxylic acids is 1. The highest BCUT2D eigenvalue weighted by atomic mass is 32.1. The van der Waals surface area contributed by atoms with E-state index in [0.29, 0.717) is 56.1 Å². The van der Waals surface area contributed by atoms with Crippen LogP contribution in [0.5, 0.6) is 11.5 Å². The fourth-order valence-electron chi connectivity index (χ4n) is 4.42. The van der Waals surface area contributed by atoms with Gasteiger partial charge in [0.05, 0.1) is 35.5 Å². The van der Waals surface area contributed by atoms with Gasteiger partial charge < -0.3 is 14.2 Å². The van der Waals surface area contributed by atoms with Crippen LogP contribution in [0, 0.1) is 18.6 Å². The highest BCUT2D eigenvalue weighted by molar-refractivity contribution is 7.22. The number of thiazole rings is 1. The Bertz CT molecular complexity index is 1710. The van der Waals surface area contributed by atoms with Gasteiger partial charge in [-0.15, -0.1) is 11.3 Å². The average Bonchev–Trinajstić information content (AvgIpc) is 3.53. The minimum absolute atomic E-state index is 0.0261. The highest BCUT2D eigenvalue weighted by Crippen LogP contribution is 2.43. The summed E-state index contributed by atoms with van der Waals surface area (Å²) in [5.41, 5.74) is 2.78. The zero-order valence-electron chi connectivity index (χ0n) is 20.3. The molecule has 192 valence electrons. The number of aromatic nitrogens is 4. The molecule has 1 atom stereocenters. The normalized spacial score (nSPS) is 14.5. The first-order valence-electron chi connectivity index (χ1n) is 11.7. The Morgan fingerprint density at radius 1 is 1.13 bits per heavy atom. The molecule has 0 saturated carbocycles. The number of fused-ring (bicyclic) bond motifs is 4. The SMILES string of the molecule is COc1cnc2c(-c3nc4cc(F)c5c(c4s3)C[C@H](COC(=O)Cc3cnc(C)nc3)O5)cc(F)cc2c1. The van der Waals surface area contributed by atoms with Crippen LogP contribution in [0.15, 0.2) is 42.9 Å². The van der Waals surface area contributed by atoms with Crippen molar-refractivity contribution in [2.24, 2.45) is 0 Å². The van der Waals surface area contributed by atoms with Gasteiger partial charge in [0.2, 0.25) is 0 Å². The van der Waals surface area contributed by atoms with E-state index in [1.165, 1.54) is 36.6 Å². The van der Waals surface area contributed by atoms with E-state index in [4.69, 9.17) is 14.2 Å². The van der Waals surface area contributed by atoms with Crippen LogP contribution < -0.4 is 9.47 Å². The molecule has 0 unspecified atom stereocenters. The quantitative estimate of drug-likeness (QED) is 0.281. The van der Waals surface area contributed by atoms with E-state index in [0.717, 1.165) is 4.70 Å². The number of aryl methyl sites for hydroxylation is 1. The summed E-state index contributed by atoms with van der Waals surface area (Å²) < 4.78 is 46.6. The number of hydrogen-bond donors (Lipinski definition) is 0. The molecule has 0 N–H and O–H groups in total. The summed E-state index contributed by atoms with van der Waals surface area (Å²) in [6.07, 6.45) is 4.53. The fourth-order valence-corrected chi connectivity index (χ4v) is 5.53. The summed E-state index contributed by atoms with van der Waals surface area (Å²) in [5, 5.41) is 1.07. The van der Waals surface area contributed by atoms with Gasteiger partial charge >= 0.3 is 5.97 Å². The number of rotatable bonds is 6. The van der Waals surface area contributed by atoms with Gasteiger partial charge in [0.1, 0.15) is 35.1 Å². The van der Waals surface area contributed by atoms with Crippen LogP contribution in [-0.4, -0.2) is 45.7 Å². The molecule has 0 aliphatic carbocycles. The van der Waals surface area contributed by atoms with Crippen molar-refractivity contribution in [2.75, 3.05) is 13.7 Å². The molecule has 0 fully saturated rings. The molecule has 2 aromatic carbocycles. The Kier molecular flexibility index (Phi) is 6.07. The van der Waals surface area contributed by atoms with Gasteiger partial charge in [-0.3, -0.25) is 9.78 Å². The van der Waals surface area contributed by atoms with Gasteiger partial charge in [0, 0.05) is 41.4 Å². The second kappa shape index (κ2) is 9.56. The van der Waals surface area contributed by atoms with Crippen molar-refractivity contribution < 1.29 is 27.8 Å². The lowest BCUT2D eigenvalue weighted by molar-refractivity contribution is -0.145. The molecule has 3 aromatic heterocycles. The van der Waals surface area contributed by atoms with Gasteiger partial charge in [-0.05, 0) is 30.7 Å². The van der Waals surface area contributed by atoms with E-state index in [9.17, 15) is 13.6 Å². The van der Waals surface area contributed by atoms with E-state index in [1.54, 1.807) is 31.6 Å². The summed E-state index contributed by atoms with van der Waals surface area (Å²) in [4.78, 5) is 29.5. The number of esters is 1. The third-order valence-electron chi connectivity index (χ3n) is 6.20. The lowest BCUT2D eigenvalue weighted by atomic mass is 10.1. The number of pyridine rings is 1. The first-order chi connectivity index (χ1) is 18.4. The minimum Gasteiger partial charge on any atom is -0.495 e. The average molecular weight is 535 g/mol. The number of benzene rings is 2. The number of halogens is 2. The second-order valence-electron chi connectivity index (χ2n) is 8.88. The zero-order chi connectivity index (χ0) is 26.4. The Labute approximate surface area is 219 Å². The molecule has 0 amide bonds. The van der Waals surface area contributed by atoms with Gasteiger partial charge in [0.25, 0.3) is 0 Å². The molecule has 1 aliphatic heterocycles. The zero-order valence-corrected chi connectivity index (χ0v) is 21.1. The van der Waals surface area contributed by atoms with Gasteiger partial charge in [0.15, 0.2) is 11.6 Å². The summed E-state index contributed by atoms with van der Waals surface area (Å²) in [7, 11) is 1.51. The number of hydrogen-bond acceptors (Lipinski definition) is 9. The minimum atomic E-state index is -0.554. The summed E-state index contributed by atoms with van der Waals surface area (Å²) >= 11 is 1.31.